The Morgan fingerprint density at radius 2 is 2.27 bits per heavy atom. The average Bonchev–Trinajstić information content (AvgIpc) is 2.05. The summed E-state index contributed by atoms with van der Waals surface area (Å²) in [4.78, 5) is 0. The molecule has 0 aliphatic carbocycles. The van der Waals surface area contributed by atoms with Gasteiger partial charge in [-0.2, -0.15) is 0 Å². The molecule has 1 fully saturated rings. The van der Waals surface area contributed by atoms with Gasteiger partial charge in [0.05, 0.1) is 12.7 Å². The summed E-state index contributed by atoms with van der Waals surface area (Å²) in [5, 5.41) is 18.0. The Labute approximate surface area is 65.7 Å². The van der Waals surface area contributed by atoms with Crippen molar-refractivity contribution in [3.05, 3.63) is 0 Å². The first-order valence-corrected chi connectivity index (χ1v) is 3.75. The Bertz CT molecular complexity index is 117. The number of methoxy groups -OCH3 is 1. The molecule has 4 heteroatoms. The van der Waals surface area contributed by atoms with Crippen LogP contribution in [0.4, 0.5) is 0 Å². The van der Waals surface area contributed by atoms with Gasteiger partial charge >= 0.3 is 0 Å². The third-order valence-electron chi connectivity index (χ3n) is 1.86. The first-order valence-electron chi connectivity index (χ1n) is 3.75. The van der Waals surface area contributed by atoms with Crippen LogP contribution in [0.15, 0.2) is 0 Å². The van der Waals surface area contributed by atoms with Gasteiger partial charge in [0.1, 0.15) is 6.10 Å². The van der Waals surface area contributed by atoms with Crippen molar-refractivity contribution in [2.75, 3.05) is 13.7 Å². The topological polar surface area (TPSA) is 58.9 Å². The fourth-order valence-corrected chi connectivity index (χ4v) is 1.19. The van der Waals surface area contributed by atoms with Crippen LogP contribution in [0.1, 0.15) is 12.8 Å². The molecule has 4 nitrogen and oxygen atoms in total. The summed E-state index contributed by atoms with van der Waals surface area (Å²) in [5.74, 6) is 0. The molecule has 0 aromatic rings. The Kier molecular flexibility index (Phi) is 3.26. The molecule has 0 saturated carbocycles. The van der Waals surface area contributed by atoms with Crippen molar-refractivity contribution >= 4 is 0 Å². The summed E-state index contributed by atoms with van der Waals surface area (Å²) in [6.07, 6.45) is 0.0217. The van der Waals surface area contributed by atoms with Crippen LogP contribution in [-0.2, 0) is 9.47 Å². The second kappa shape index (κ2) is 4.01. The highest BCUT2D eigenvalue weighted by molar-refractivity contribution is 4.72. The van der Waals surface area contributed by atoms with Gasteiger partial charge in [0, 0.05) is 7.11 Å². The molecule has 1 saturated heterocycles. The highest BCUT2D eigenvalue weighted by atomic mass is 16.7. The molecule has 66 valence electrons. The molecule has 0 amide bonds. The van der Waals surface area contributed by atoms with E-state index < -0.39 is 12.4 Å². The van der Waals surface area contributed by atoms with Crippen molar-refractivity contribution in [1.29, 1.82) is 0 Å². The smallest absolute Gasteiger partial charge is 0.183 e. The van der Waals surface area contributed by atoms with E-state index in [1.807, 2.05) is 0 Å². The minimum absolute atomic E-state index is 0.00736. The minimum Gasteiger partial charge on any atom is -0.394 e. The highest BCUT2D eigenvalue weighted by Gasteiger charge is 2.28. The summed E-state index contributed by atoms with van der Waals surface area (Å²) in [6.45, 7) is -0.00736. The van der Waals surface area contributed by atoms with Gasteiger partial charge in [0.15, 0.2) is 6.29 Å². The number of hydrogen-bond acceptors (Lipinski definition) is 4. The van der Waals surface area contributed by atoms with Crippen molar-refractivity contribution in [1.82, 2.24) is 0 Å². The average molecular weight is 162 g/mol. The lowest BCUT2D eigenvalue weighted by molar-refractivity contribution is -0.234. The lowest BCUT2D eigenvalue weighted by atomic mass is 10.1. The van der Waals surface area contributed by atoms with Crippen molar-refractivity contribution < 1.29 is 19.7 Å². The van der Waals surface area contributed by atoms with Gasteiger partial charge in [-0.15, -0.1) is 0 Å². The largest absolute Gasteiger partial charge is 0.394 e. The second-order valence-electron chi connectivity index (χ2n) is 2.69. The van der Waals surface area contributed by atoms with E-state index in [0.717, 1.165) is 0 Å². The third-order valence-corrected chi connectivity index (χ3v) is 1.86. The molecule has 3 atom stereocenters. The van der Waals surface area contributed by atoms with Crippen LogP contribution in [0, 0.1) is 0 Å². The van der Waals surface area contributed by atoms with Gasteiger partial charge in [0.2, 0.25) is 0 Å². The molecule has 1 aliphatic rings. The van der Waals surface area contributed by atoms with Crippen LogP contribution in [0.5, 0.6) is 0 Å². The van der Waals surface area contributed by atoms with E-state index in [0.29, 0.717) is 12.8 Å². The quantitative estimate of drug-likeness (QED) is 0.574. The Hall–Kier alpha value is -0.160. The normalized spacial score (nSPS) is 39.0. The predicted molar refractivity (Wildman–Crippen MR) is 38.0 cm³/mol. The zero-order chi connectivity index (χ0) is 8.27. The molecule has 1 rings (SSSR count). The summed E-state index contributed by atoms with van der Waals surface area (Å²) >= 11 is 0. The summed E-state index contributed by atoms with van der Waals surface area (Å²) in [5.41, 5.74) is 0. The fourth-order valence-electron chi connectivity index (χ4n) is 1.19. The van der Waals surface area contributed by atoms with E-state index >= 15 is 0 Å². The zero-order valence-electron chi connectivity index (χ0n) is 6.56. The number of hydrogen-bond donors (Lipinski definition) is 2. The van der Waals surface area contributed by atoms with Crippen LogP contribution in [0.2, 0.25) is 0 Å². The molecule has 11 heavy (non-hydrogen) atoms. The maximum Gasteiger partial charge on any atom is 0.183 e. The van der Waals surface area contributed by atoms with E-state index in [2.05, 4.69) is 0 Å². The van der Waals surface area contributed by atoms with Crippen LogP contribution in [0.25, 0.3) is 0 Å². The number of aliphatic hydroxyl groups excluding tert-OH is 2. The van der Waals surface area contributed by atoms with Gasteiger partial charge in [-0.25, -0.2) is 0 Å². The van der Waals surface area contributed by atoms with E-state index in [9.17, 15) is 5.11 Å². The maximum atomic E-state index is 9.25. The molecule has 0 radical (unpaired) electrons. The van der Waals surface area contributed by atoms with E-state index in [1.165, 1.54) is 7.11 Å². The molecule has 1 aliphatic heterocycles. The van der Waals surface area contributed by atoms with Gasteiger partial charge in [-0.1, -0.05) is 0 Å². The number of rotatable bonds is 2. The molecular formula is C7H14O4. The van der Waals surface area contributed by atoms with Crippen LogP contribution < -0.4 is 0 Å². The van der Waals surface area contributed by atoms with E-state index in [1.54, 1.807) is 0 Å². The Morgan fingerprint density at radius 3 is 2.82 bits per heavy atom. The van der Waals surface area contributed by atoms with Crippen LogP contribution in [0.3, 0.4) is 0 Å². The predicted octanol–water partition coefficient (Wildman–Crippen LogP) is -0.509. The SMILES string of the molecule is CO[C@@H]1O[C@H](CO)CC[C@H]1O. The van der Waals surface area contributed by atoms with Crippen molar-refractivity contribution in [3.63, 3.8) is 0 Å². The first kappa shape index (κ1) is 8.93. The van der Waals surface area contributed by atoms with Crippen molar-refractivity contribution in [3.8, 4) is 0 Å². The van der Waals surface area contributed by atoms with Crippen LogP contribution >= 0.6 is 0 Å². The lowest BCUT2D eigenvalue weighted by Crippen LogP contribution is -2.41. The second-order valence-corrected chi connectivity index (χ2v) is 2.69. The third kappa shape index (κ3) is 2.13. The van der Waals surface area contributed by atoms with Crippen LogP contribution in [-0.4, -0.2) is 42.4 Å². The summed E-state index contributed by atoms with van der Waals surface area (Å²) in [7, 11) is 1.48. The maximum absolute atomic E-state index is 9.25. The molecule has 0 aromatic heterocycles. The number of ether oxygens (including phenoxy) is 2. The standard InChI is InChI=1S/C7H14O4/c1-10-7-6(9)3-2-5(4-8)11-7/h5-9H,2-4H2,1H3/t5-,6+,7+/m0/s1. The Balaban J connectivity index is 2.37. The van der Waals surface area contributed by atoms with E-state index in [-0.39, 0.29) is 12.7 Å². The van der Waals surface area contributed by atoms with Gasteiger partial charge in [-0.3, -0.25) is 0 Å². The van der Waals surface area contributed by atoms with E-state index in [4.69, 9.17) is 14.6 Å². The lowest BCUT2D eigenvalue weighted by Gasteiger charge is -2.31. The van der Waals surface area contributed by atoms with Crippen molar-refractivity contribution in [2.24, 2.45) is 0 Å². The van der Waals surface area contributed by atoms with Crippen molar-refractivity contribution in [2.45, 2.75) is 31.3 Å². The molecule has 0 unspecified atom stereocenters. The molecule has 0 aromatic carbocycles. The summed E-state index contributed by atoms with van der Waals surface area (Å²) < 4.78 is 10.0. The Morgan fingerprint density at radius 1 is 1.55 bits per heavy atom. The van der Waals surface area contributed by atoms with Gasteiger partial charge < -0.3 is 19.7 Å². The molecular weight excluding hydrogens is 148 g/mol. The van der Waals surface area contributed by atoms with Gasteiger partial charge in [-0.05, 0) is 12.8 Å². The molecule has 1 heterocycles. The zero-order valence-corrected chi connectivity index (χ0v) is 6.56. The number of aliphatic hydroxyl groups is 2. The molecule has 0 spiro atoms. The summed E-state index contributed by atoms with van der Waals surface area (Å²) in [6, 6.07) is 0. The molecule has 2 N–H and O–H groups in total. The fraction of sp³-hybridized carbons (Fsp3) is 1.00. The highest BCUT2D eigenvalue weighted by Crippen LogP contribution is 2.19. The van der Waals surface area contributed by atoms with Gasteiger partial charge in [0.25, 0.3) is 0 Å². The first-order chi connectivity index (χ1) is 5.27. The molecule has 0 bridgehead atoms. The minimum atomic E-state index is -0.569. The monoisotopic (exact) mass is 162 g/mol.